The molecule has 8 heteroatoms. The van der Waals surface area contributed by atoms with Crippen LogP contribution >= 0.6 is 0 Å². The van der Waals surface area contributed by atoms with Crippen LogP contribution < -0.4 is 4.74 Å². The Bertz CT molecular complexity index is 1150. The summed E-state index contributed by atoms with van der Waals surface area (Å²) < 4.78 is 10.9. The van der Waals surface area contributed by atoms with Crippen LogP contribution in [-0.4, -0.2) is 41.3 Å². The van der Waals surface area contributed by atoms with Crippen molar-refractivity contribution in [1.29, 1.82) is 0 Å². The van der Waals surface area contributed by atoms with Gasteiger partial charge in [-0.2, -0.15) is 20.3 Å². The van der Waals surface area contributed by atoms with E-state index < -0.39 is 0 Å². The molecule has 0 radical (unpaired) electrons. The second-order valence-corrected chi connectivity index (χ2v) is 7.21. The molecule has 0 bridgehead atoms. The summed E-state index contributed by atoms with van der Waals surface area (Å²) in [5.74, 6) is 1.55. The molecule has 0 N–H and O–H groups in total. The number of fused-ring (bicyclic) bond motifs is 1. The van der Waals surface area contributed by atoms with Crippen molar-refractivity contribution < 1.29 is 4.74 Å². The Balaban J connectivity index is 1.48. The summed E-state index contributed by atoms with van der Waals surface area (Å²) in [6.45, 7) is 1.99. The number of hydrogen-bond donors (Lipinski definition) is 0. The van der Waals surface area contributed by atoms with E-state index in [-0.39, 0.29) is 0 Å². The average Bonchev–Trinajstić information content (AvgIpc) is 2.96. The van der Waals surface area contributed by atoms with Crippen molar-refractivity contribution in [2.75, 3.05) is 7.11 Å². The number of hydrogen-bond acceptors (Lipinski definition) is 5. The van der Waals surface area contributed by atoms with Gasteiger partial charge in [0.15, 0.2) is 5.65 Å². The lowest BCUT2D eigenvalue weighted by Gasteiger charge is -2.01. The zero-order valence-electron chi connectivity index (χ0n) is 15.8. The van der Waals surface area contributed by atoms with Crippen LogP contribution in [0.5, 0.6) is 5.88 Å². The molecule has 27 heavy (non-hydrogen) atoms. The Morgan fingerprint density at radius 3 is 2.70 bits per heavy atom. The van der Waals surface area contributed by atoms with Crippen LogP contribution in [0.1, 0.15) is 35.2 Å². The molecule has 2 unspecified atom stereocenters. The molecular weight excluding hydrogens is 342 g/mol. The third kappa shape index (κ3) is 2.59. The van der Waals surface area contributed by atoms with Crippen LogP contribution in [0, 0.1) is 6.92 Å². The van der Waals surface area contributed by atoms with Gasteiger partial charge in [-0.25, -0.2) is 4.52 Å². The molecule has 4 aromatic rings. The first-order chi connectivity index (χ1) is 13.0. The first kappa shape index (κ1) is 16.0. The Labute approximate surface area is 156 Å². The molecule has 2 atom stereocenters. The molecule has 1 aliphatic rings. The van der Waals surface area contributed by atoms with E-state index in [1.165, 1.54) is 5.56 Å². The largest absolute Gasteiger partial charge is 0.481 e. The molecule has 0 aromatic carbocycles. The third-order valence-electron chi connectivity index (χ3n) is 5.28. The van der Waals surface area contributed by atoms with Crippen molar-refractivity contribution in [3.8, 4) is 17.3 Å². The van der Waals surface area contributed by atoms with Crippen LogP contribution in [-0.2, 0) is 14.1 Å². The van der Waals surface area contributed by atoms with Crippen LogP contribution in [0.3, 0.4) is 0 Å². The summed E-state index contributed by atoms with van der Waals surface area (Å²) in [4.78, 5) is 4.48. The first-order valence-electron chi connectivity index (χ1n) is 8.98. The number of nitrogens with zero attached hydrogens (tertiary/aromatic N) is 7. The summed E-state index contributed by atoms with van der Waals surface area (Å²) in [5, 5.41) is 13.8. The maximum Gasteiger partial charge on any atom is 0.216 e. The van der Waals surface area contributed by atoms with Crippen molar-refractivity contribution in [2.45, 2.75) is 25.2 Å². The number of aromatic nitrogens is 7. The standard InChI is InChI=1S/C19H21N7O/c1-11-5-19(27-4)21-18-8-16(23-26(11)18)17-7-15(22-25(17)3)14-6-13(14)12-9-20-24(2)10-12/h5,7-10,13-14H,6H2,1-4H3. The molecule has 4 heterocycles. The van der Waals surface area contributed by atoms with E-state index in [4.69, 9.17) is 14.9 Å². The lowest BCUT2D eigenvalue weighted by Crippen LogP contribution is -1.98. The molecule has 138 valence electrons. The summed E-state index contributed by atoms with van der Waals surface area (Å²) in [6, 6.07) is 6.00. The lowest BCUT2D eigenvalue weighted by molar-refractivity contribution is 0.397. The summed E-state index contributed by atoms with van der Waals surface area (Å²) in [6.07, 6.45) is 5.17. The number of methoxy groups -OCH3 is 1. The van der Waals surface area contributed by atoms with Crippen molar-refractivity contribution in [2.24, 2.45) is 14.1 Å². The Kier molecular flexibility index (Phi) is 3.37. The van der Waals surface area contributed by atoms with Gasteiger partial charge in [-0.3, -0.25) is 9.36 Å². The van der Waals surface area contributed by atoms with Crippen LogP contribution in [0.25, 0.3) is 17.0 Å². The highest BCUT2D eigenvalue weighted by Crippen LogP contribution is 2.54. The van der Waals surface area contributed by atoms with E-state index in [1.54, 1.807) is 7.11 Å². The Morgan fingerprint density at radius 1 is 1.11 bits per heavy atom. The minimum atomic E-state index is 0.450. The third-order valence-corrected chi connectivity index (χ3v) is 5.28. The Hall–Kier alpha value is -3.16. The normalized spacial score (nSPS) is 19.0. The lowest BCUT2D eigenvalue weighted by atomic mass is 10.1. The monoisotopic (exact) mass is 363 g/mol. The van der Waals surface area contributed by atoms with Gasteiger partial charge in [0.05, 0.1) is 24.7 Å². The smallest absolute Gasteiger partial charge is 0.216 e. The minimum absolute atomic E-state index is 0.450. The van der Waals surface area contributed by atoms with Crippen LogP contribution in [0.15, 0.2) is 30.6 Å². The zero-order valence-corrected chi connectivity index (χ0v) is 15.8. The van der Waals surface area contributed by atoms with E-state index in [9.17, 15) is 0 Å². The maximum atomic E-state index is 5.26. The second kappa shape index (κ2) is 5.67. The molecule has 0 saturated heterocycles. The van der Waals surface area contributed by atoms with Gasteiger partial charge in [-0.05, 0) is 30.9 Å². The van der Waals surface area contributed by atoms with E-state index >= 15 is 0 Å². The van der Waals surface area contributed by atoms with Crippen molar-refractivity contribution in [1.82, 2.24) is 34.2 Å². The summed E-state index contributed by atoms with van der Waals surface area (Å²) >= 11 is 0. The second-order valence-electron chi connectivity index (χ2n) is 7.21. The molecule has 1 aliphatic carbocycles. The fourth-order valence-corrected chi connectivity index (χ4v) is 3.76. The number of ether oxygens (including phenoxy) is 1. The van der Waals surface area contributed by atoms with E-state index in [1.807, 2.05) is 53.2 Å². The van der Waals surface area contributed by atoms with Gasteiger partial charge >= 0.3 is 0 Å². The molecule has 0 spiro atoms. The van der Waals surface area contributed by atoms with E-state index in [0.717, 1.165) is 34.8 Å². The van der Waals surface area contributed by atoms with E-state index in [2.05, 4.69) is 22.3 Å². The minimum Gasteiger partial charge on any atom is -0.481 e. The van der Waals surface area contributed by atoms with Gasteiger partial charge < -0.3 is 4.74 Å². The van der Waals surface area contributed by atoms with Crippen LogP contribution in [0.2, 0.25) is 0 Å². The van der Waals surface area contributed by atoms with Gasteiger partial charge in [0, 0.05) is 44.0 Å². The fourth-order valence-electron chi connectivity index (χ4n) is 3.76. The van der Waals surface area contributed by atoms with Crippen molar-refractivity contribution in [3.05, 3.63) is 47.5 Å². The molecule has 0 aliphatic heterocycles. The topological polar surface area (TPSA) is 75.1 Å². The molecule has 0 amide bonds. The van der Waals surface area contributed by atoms with Gasteiger partial charge in [-0.1, -0.05) is 0 Å². The average molecular weight is 363 g/mol. The SMILES string of the molecule is COc1cc(C)n2nc(-c3cc(C4CC4c4cnn(C)c4)nn3C)cc2n1. The number of aryl methyl sites for hydroxylation is 3. The number of rotatable bonds is 4. The summed E-state index contributed by atoms with van der Waals surface area (Å²) in [5.41, 5.74) is 5.99. The highest BCUT2D eigenvalue weighted by Gasteiger charge is 2.42. The highest BCUT2D eigenvalue weighted by atomic mass is 16.5. The first-order valence-corrected chi connectivity index (χ1v) is 8.98. The van der Waals surface area contributed by atoms with Gasteiger partial charge in [0.1, 0.15) is 5.69 Å². The molecule has 4 aromatic heterocycles. The van der Waals surface area contributed by atoms with Gasteiger partial charge in [0.2, 0.25) is 5.88 Å². The quantitative estimate of drug-likeness (QED) is 0.557. The highest BCUT2D eigenvalue weighted by molar-refractivity contribution is 5.62. The molecule has 1 fully saturated rings. The Morgan fingerprint density at radius 2 is 1.96 bits per heavy atom. The van der Waals surface area contributed by atoms with Crippen molar-refractivity contribution in [3.63, 3.8) is 0 Å². The predicted molar refractivity (Wildman–Crippen MR) is 99.8 cm³/mol. The summed E-state index contributed by atoms with van der Waals surface area (Å²) in [7, 11) is 5.54. The van der Waals surface area contributed by atoms with Gasteiger partial charge in [-0.15, -0.1) is 0 Å². The van der Waals surface area contributed by atoms with Crippen LogP contribution in [0.4, 0.5) is 0 Å². The predicted octanol–water partition coefficient (Wildman–Crippen LogP) is 2.45. The fraction of sp³-hybridized carbons (Fsp3) is 0.368. The van der Waals surface area contributed by atoms with Crippen molar-refractivity contribution >= 4 is 5.65 Å². The zero-order chi connectivity index (χ0) is 18.7. The molecule has 5 rings (SSSR count). The molecule has 1 saturated carbocycles. The molecular formula is C19H21N7O. The maximum absolute atomic E-state index is 5.26. The molecule has 8 nitrogen and oxygen atoms in total. The van der Waals surface area contributed by atoms with Gasteiger partial charge in [0.25, 0.3) is 0 Å². The van der Waals surface area contributed by atoms with E-state index in [0.29, 0.717) is 17.7 Å².